The molecule has 0 saturated carbocycles. The molecule has 240 valence electrons. The molecule has 10 rings (SSSR count). The van der Waals surface area contributed by atoms with Crippen LogP contribution in [-0.4, -0.2) is 9.55 Å². The third-order valence-corrected chi connectivity index (χ3v) is 9.76. The highest BCUT2D eigenvalue weighted by atomic mass is 16.3. The van der Waals surface area contributed by atoms with Crippen LogP contribution in [0.4, 0.5) is 17.1 Å². The van der Waals surface area contributed by atoms with Gasteiger partial charge in [0.25, 0.3) is 0 Å². The van der Waals surface area contributed by atoms with Crippen LogP contribution in [0, 0.1) is 0 Å². The first-order valence-corrected chi connectivity index (χ1v) is 17.2. The Morgan fingerprint density at radius 2 is 1.14 bits per heavy atom. The highest BCUT2D eigenvalue weighted by molar-refractivity contribution is 6.24. The predicted molar refractivity (Wildman–Crippen MR) is 211 cm³/mol. The van der Waals surface area contributed by atoms with Crippen molar-refractivity contribution in [3.8, 4) is 28.3 Å². The molecule has 0 aliphatic rings. The molecule has 4 heteroatoms. The molecule has 0 spiro atoms. The van der Waals surface area contributed by atoms with Crippen LogP contribution in [0.1, 0.15) is 0 Å². The van der Waals surface area contributed by atoms with Crippen molar-refractivity contribution in [2.45, 2.75) is 0 Å². The Balaban J connectivity index is 1.35. The van der Waals surface area contributed by atoms with E-state index < -0.39 is 0 Å². The fraction of sp³-hybridized carbons (Fsp3) is 0. The van der Waals surface area contributed by atoms with Crippen molar-refractivity contribution in [2.75, 3.05) is 4.90 Å². The average molecular weight is 654 g/mol. The van der Waals surface area contributed by atoms with Crippen molar-refractivity contribution >= 4 is 60.7 Å². The summed E-state index contributed by atoms with van der Waals surface area (Å²) in [5.41, 5.74) is 11.2. The lowest BCUT2D eigenvalue weighted by Crippen LogP contribution is -2.11. The lowest BCUT2D eigenvalue weighted by Gasteiger charge is -2.28. The molecular weight excluding hydrogens is 623 g/mol. The summed E-state index contributed by atoms with van der Waals surface area (Å²) in [5, 5.41) is 4.64. The van der Waals surface area contributed by atoms with Gasteiger partial charge in [0.2, 0.25) is 5.89 Å². The van der Waals surface area contributed by atoms with Gasteiger partial charge in [0.1, 0.15) is 5.52 Å². The Labute approximate surface area is 295 Å². The number of fused-ring (bicyclic) bond motifs is 5. The van der Waals surface area contributed by atoms with E-state index in [-0.39, 0.29) is 0 Å². The zero-order valence-electron chi connectivity index (χ0n) is 27.6. The van der Waals surface area contributed by atoms with Crippen LogP contribution < -0.4 is 4.90 Å². The topological polar surface area (TPSA) is 34.2 Å². The van der Waals surface area contributed by atoms with Gasteiger partial charge in [0.15, 0.2) is 5.58 Å². The minimum absolute atomic E-state index is 0.597. The van der Waals surface area contributed by atoms with Crippen molar-refractivity contribution in [3.63, 3.8) is 0 Å². The van der Waals surface area contributed by atoms with E-state index in [0.717, 1.165) is 77.7 Å². The van der Waals surface area contributed by atoms with Crippen molar-refractivity contribution in [2.24, 2.45) is 0 Å². The van der Waals surface area contributed by atoms with Crippen molar-refractivity contribution in [1.82, 2.24) is 9.55 Å². The number of hydrogen-bond acceptors (Lipinski definition) is 3. The van der Waals surface area contributed by atoms with E-state index >= 15 is 0 Å². The molecular formula is C47H31N3O. The van der Waals surface area contributed by atoms with E-state index in [0.29, 0.717) is 5.89 Å². The zero-order valence-corrected chi connectivity index (χ0v) is 27.6. The standard InChI is InChI=1S/C47H31N3O/c1-4-16-32(17-5-1)34-21-14-24-37(30-34)50(42-29-15-27-40-46(42)51-47(48-40)33-18-6-2-7-19-33)45-38-25-11-10-20-35(38)31-43-44(45)39-26-12-13-28-41(39)49(43)36-22-8-3-9-23-36/h1-31H. The van der Waals surface area contributed by atoms with Crippen LogP contribution in [0.2, 0.25) is 0 Å². The molecule has 0 amide bonds. The second kappa shape index (κ2) is 11.9. The Morgan fingerprint density at radius 1 is 0.490 bits per heavy atom. The van der Waals surface area contributed by atoms with Crippen molar-refractivity contribution in [1.29, 1.82) is 0 Å². The minimum atomic E-state index is 0.597. The molecule has 0 aliphatic carbocycles. The monoisotopic (exact) mass is 653 g/mol. The quantitative estimate of drug-likeness (QED) is 0.179. The normalized spacial score (nSPS) is 11.5. The summed E-state index contributed by atoms with van der Waals surface area (Å²) in [7, 11) is 0. The van der Waals surface area contributed by atoms with Crippen LogP contribution in [-0.2, 0) is 0 Å². The van der Waals surface area contributed by atoms with E-state index in [2.05, 4.69) is 161 Å². The molecule has 8 aromatic carbocycles. The zero-order chi connectivity index (χ0) is 33.7. The van der Waals surface area contributed by atoms with Crippen molar-refractivity contribution < 1.29 is 4.42 Å². The fourth-order valence-corrected chi connectivity index (χ4v) is 7.51. The second-order valence-electron chi connectivity index (χ2n) is 12.8. The SMILES string of the molecule is c1ccc(-c2cccc(N(c3cccc4nc(-c5ccccc5)oc34)c3c4ccccc4cc4c3c3ccccc3n4-c3ccccc3)c2)cc1. The van der Waals surface area contributed by atoms with E-state index in [4.69, 9.17) is 9.40 Å². The van der Waals surface area contributed by atoms with E-state index in [1.165, 1.54) is 5.39 Å². The number of oxazole rings is 1. The summed E-state index contributed by atoms with van der Waals surface area (Å²) in [6.45, 7) is 0. The largest absolute Gasteiger partial charge is 0.434 e. The molecule has 0 atom stereocenters. The highest BCUT2D eigenvalue weighted by Crippen LogP contribution is 2.49. The molecule has 0 radical (unpaired) electrons. The van der Waals surface area contributed by atoms with Gasteiger partial charge in [-0.25, -0.2) is 4.98 Å². The molecule has 0 saturated heterocycles. The van der Waals surface area contributed by atoms with Gasteiger partial charge in [0.05, 0.1) is 22.4 Å². The molecule has 2 heterocycles. The highest BCUT2D eigenvalue weighted by Gasteiger charge is 2.26. The van der Waals surface area contributed by atoms with E-state index in [9.17, 15) is 0 Å². The van der Waals surface area contributed by atoms with Gasteiger partial charge in [-0.05, 0) is 77.2 Å². The molecule has 51 heavy (non-hydrogen) atoms. The number of nitrogens with zero attached hydrogens (tertiary/aromatic N) is 3. The summed E-state index contributed by atoms with van der Waals surface area (Å²) in [5.74, 6) is 0.597. The maximum atomic E-state index is 6.75. The summed E-state index contributed by atoms with van der Waals surface area (Å²) >= 11 is 0. The predicted octanol–water partition coefficient (Wildman–Crippen LogP) is 12.9. The summed E-state index contributed by atoms with van der Waals surface area (Å²) in [6, 6.07) is 66.2. The van der Waals surface area contributed by atoms with Gasteiger partial charge in [-0.15, -0.1) is 0 Å². The number of rotatable bonds is 6. The van der Waals surface area contributed by atoms with Gasteiger partial charge in [-0.2, -0.15) is 0 Å². The van der Waals surface area contributed by atoms with E-state index in [1.807, 2.05) is 36.4 Å². The molecule has 0 unspecified atom stereocenters. The molecule has 0 aliphatic heterocycles. The van der Waals surface area contributed by atoms with Crippen LogP contribution in [0.5, 0.6) is 0 Å². The maximum Gasteiger partial charge on any atom is 0.227 e. The van der Waals surface area contributed by atoms with Crippen LogP contribution in [0.3, 0.4) is 0 Å². The third kappa shape index (κ3) is 4.80. The van der Waals surface area contributed by atoms with Gasteiger partial charge >= 0.3 is 0 Å². The molecule has 2 aromatic heterocycles. The van der Waals surface area contributed by atoms with Crippen molar-refractivity contribution in [3.05, 3.63) is 188 Å². The maximum absolute atomic E-state index is 6.75. The number of anilines is 3. The van der Waals surface area contributed by atoms with Gasteiger partial charge in [-0.1, -0.05) is 127 Å². The molecule has 0 fully saturated rings. The summed E-state index contributed by atoms with van der Waals surface area (Å²) in [4.78, 5) is 7.39. The number of benzene rings is 8. The average Bonchev–Trinajstić information content (AvgIpc) is 3.79. The third-order valence-electron chi connectivity index (χ3n) is 9.76. The van der Waals surface area contributed by atoms with Crippen LogP contribution in [0.25, 0.3) is 71.9 Å². The Bertz CT molecular complexity index is 2850. The smallest absolute Gasteiger partial charge is 0.227 e. The van der Waals surface area contributed by atoms with Gasteiger partial charge in [-0.3, -0.25) is 0 Å². The second-order valence-corrected chi connectivity index (χ2v) is 12.8. The van der Waals surface area contributed by atoms with E-state index in [1.54, 1.807) is 0 Å². The fourth-order valence-electron chi connectivity index (χ4n) is 7.51. The first kappa shape index (κ1) is 29.0. The number of hydrogen-bond donors (Lipinski definition) is 0. The Morgan fingerprint density at radius 3 is 1.94 bits per heavy atom. The Hall–Kier alpha value is -6.91. The van der Waals surface area contributed by atoms with Crippen LogP contribution >= 0.6 is 0 Å². The summed E-state index contributed by atoms with van der Waals surface area (Å²) < 4.78 is 9.14. The van der Waals surface area contributed by atoms with Gasteiger partial charge < -0.3 is 13.9 Å². The molecule has 4 nitrogen and oxygen atoms in total. The van der Waals surface area contributed by atoms with Gasteiger partial charge in [0, 0.05) is 33.1 Å². The Kier molecular flexibility index (Phi) is 6.78. The first-order chi connectivity index (χ1) is 25.3. The first-order valence-electron chi connectivity index (χ1n) is 17.2. The summed E-state index contributed by atoms with van der Waals surface area (Å²) in [6.07, 6.45) is 0. The number of para-hydroxylation sites is 3. The molecule has 10 aromatic rings. The molecule has 0 N–H and O–H groups in total. The number of aromatic nitrogens is 2. The lowest BCUT2D eigenvalue weighted by atomic mass is 9.99. The molecule has 0 bridgehead atoms. The lowest BCUT2D eigenvalue weighted by molar-refractivity contribution is 0.620. The minimum Gasteiger partial charge on any atom is -0.434 e. The van der Waals surface area contributed by atoms with Crippen LogP contribution in [0.15, 0.2) is 192 Å².